The smallest absolute Gasteiger partial charge is 0.253 e. The summed E-state index contributed by atoms with van der Waals surface area (Å²) >= 11 is 1.64. The summed E-state index contributed by atoms with van der Waals surface area (Å²) in [7, 11) is 1.66. The predicted molar refractivity (Wildman–Crippen MR) is 109 cm³/mol. The van der Waals surface area contributed by atoms with Crippen molar-refractivity contribution < 1.29 is 9.53 Å². The fourth-order valence-electron chi connectivity index (χ4n) is 3.54. The molecule has 6 nitrogen and oxygen atoms in total. The van der Waals surface area contributed by atoms with Crippen LogP contribution in [0.25, 0.3) is 5.78 Å². The van der Waals surface area contributed by atoms with E-state index >= 15 is 0 Å². The molecule has 0 N–H and O–H groups in total. The lowest BCUT2D eigenvalue weighted by atomic mass is 9.82. The SMILES string of the molecule is COc1ccccc1[C@H]1CC(=O)c2cn3nc(SCCC(C)C)nc3nc2C1. The zero-order valence-electron chi connectivity index (χ0n) is 16.4. The summed E-state index contributed by atoms with van der Waals surface area (Å²) in [6.07, 6.45) is 4.05. The van der Waals surface area contributed by atoms with Gasteiger partial charge in [-0.3, -0.25) is 4.79 Å². The Balaban J connectivity index is 1.62. The number of hydrogen-bond donors (Lipinski definition) is 0. The van der Waals surface area contributed by atoms with E-state index < -0.39 is 0 Å². The number of aromatic nitrogens is 4. The second kappa shape index (κ2) is 7.91. The van der Waals surface area contributed by atoms with Crippen LogP contribution in [0.2, 0.25) is 0 Å². The van der Waals surface area contributed by atoms with Crippen LogP contribution in [0.3, 0.4) is 0 Å². The Morgan fingerprint density at radius 2 is 2.07 bits per heavy atom. The van der Waals surface area contributed by atoms with Gasteiger partial charge in [0.15, 0.2) is 5.78 Å². The van der Waals surface area contributed by atoms with E-state index in [9.17, 15) is 4.79 Å². The van der Waals surface area contributed by atoms with E-state index in [1.807, 2.05) is 24.3 Å². The van der Waals surface area contributed by atoms with Crippen LogP contribution in [0.4, 0.5) is 0 Å². The van der Waals surface area contributed by atoms with E-state index in [-0.39, 0.29) is 11.7 Å². The van der Waals surface area contributed by atoms with Crippen LogP contribution in [-0.2, 0) is 6.42 Å². The van der Waals surface area contributed by atoms with Gasteiger partial charge in [-0.1, -0.05) is 43.8 Å². The Hall–Kier alpha value is -2.41. The molecule has 146 valence electrons. The van der Waals surface area contributed by atoms with Gasteiger partial charge in [0.1, 0.15) is 5.75 Å². The van der Waals surface area contributed by atoms with Crippen molar-refractivity contribution in [1.82, 2.24) is 19.6 Å². The molecule has 0 bridgehead atoms. The molecule has 0 saturated carbocycles. The fraction of sp³-hybridized carbons (Fsp3) is 0.429. The Labute approximate surface area is 168 Å². The number of methoxy groups -OCH3 is 1. The first-order chi connectivity index (χ1) is 13.5. The summed E-state index contributed by atoms with van der Waals surface area (Å²) in [5.41, 5.74) is 2.50. The van der Waals surface area contributed by atoms with E-state index in [2.05, 4.69) is 28.9 Å². The van der Waals surface area contributed by atoms with Crippen LogP contribution in [0.15, 0.2) is 35.6 Å². The van der Waals surface area contributed by atoms with Gasteiger partial charge in [0.25, 0.3) is 5.78 Å². The average molecular weight is 397 g/mol. The van der Waals surface area contributed by atoms with Gasteiger partial charge in [-0.2, -0.15) is 4.98 Å². The first-order valence-electron chi connectivity index (χ1n) is 9.60. The maximum atomic E-state index is 12.8. The minimum atomic E-state index is 0.0638. The van der Waals surface area contributed by atoms with Crippen LogP contribution >= 0.6 is 11.8 Å². The number of benzene rings is 1. The molecule has 1 aliphatic rings. The van der Waals surface area contributed by atoms with Crippen molar-refractivity contribution >= 4 is 23.3 Å². The lowest BCUT2D eigenvalue weighted by molar-refractivity contribution is 0.0962. The molecule has 0 unspecified atom stereocenters. The van der Waals surface area contributed by atoms with Crippen LogP contribution in [-0.4, -0.2) is 38.2 Å². The van der Waals surface area contributed by atoms with Crippen LogP contribution < -0.4 is 4.74 Å². The molecule has 2 heterocycles. The van der Waals surface area contributed by atoms with E-state index in [1.54, 1.807) is 29.6 Å². The van der Waals surface area contributed by atoms with Gasteiger partial charge in [-0.05, 0) is 30.4 Å². The molecule has 2 aromatic heterocycles. The number of para-hydroxylation sites is 1. The van der Waals surface area contributed by atoms with E-state index in [0.29, 0.717) is 35.3 Å². The summed E-state index contributed by atoms with van der Waals surface area (Å²) in [5, 5.41) is 5.20. The maximum Gasteiger partial charge on any atom is 0.253 e. The van der Waals surface area contributed by atoms with E-state index in [1.165, 1.54) is 0 Å². The number of ketones is 1. The van der Waals surface area contributed by atoms with Gasteiger partial charge in [-0.25, -0.2) is 9.50 Å². The van der Waals surface area contributed by atoms with E-state index in [0.717, 1.165) is 29.2 Å². The fourth-order valence-corrected chi connectivity index (χ4v) is 4.60. The molecule has 4 rings (SSSR count). The second-order valence-corrected chi connectivity index (χ2v) is 8.60. The minimum Gasteiger partial charge on any atom is -0.496 e. The van der Waals surface area contributed by atoms with Crippen LogP contribution in [0.1, 0.15) is 54.2 Å². The number of nitrogens with zero attached hydrogens (tertiary/aromatic N) is 4. The number of thioether (sulfide) groups is 1. The highest BCUT2D eigenvalue weighted by Crippen LogP contribution is 2.36. The quantitative estimate of drug-likeness (QED) is 0.582. The van der Waals surface area contributed by atoms with Crippen molar-refractivity contribution in [1.29, 1.82) is 0 Å². The van der Waals surface area contributed by atoms with Crippen molar-refractivity contribution in [2.24, 2.45) is 5.92 Å². The largest absolute Gasteiger partial charge is 0.496 e. The van der Waals surface area contributed by atoms with Crippen molar-refractivity contribution in [2.45, 2.75) is 44.2 Å². The van der Waals surface area contributed by atoms with Crippen LogP contribution in [0.5, 0.6) is 5.75 Å². The number of hydrogen-bond acceptors (Lipinski definition) is 6. The minimum absolute atomic E-state index is 0.0638. The van der Waals surface area contributed by atoms with Gasteiger partial charge in [0.05, 0.1) is 18.4 Å². The molecule has 0 saturated heterocycles. The molecule has 1 atom stereocenters. The molecule has 0 spiro atoms. The Bertz CT molecular complexity index is 1010. The molecular formula is C21H24N4O2S. The Kier molecular flexibility index (Phi) is 5.35. The van der Waals surface area contributed by atoms with Crippen molar-refractivity contribution in [2.75, 3.05) is 12.9 Å². The highest BCUT2D eigenvalue weighted by Gasteiger charge is 2.30. The van der Waals surface area contributed by atoms with Gasteiger partial charge < -0.3 is 4.74 Å². The molecule has 7 heteroatoms. The van der Waals surface area contributed by atoms with E-state index in [4.69, 9.17) is 4.74 Å². The molecule has 3 aromatic rings. The third kappa shape index (κ3) is 3.76. The summed E-state index contributed by atoms with van der Waals surface area (Å²) in [5.74, 6) is 3.16. The van der Waals surface area contributed by atoms with Gasteiger partial charge >= 0.3 is 0 Å². The second-order valence-electron chi connectivity index (χ2n) is 7.54. The number of carbonyl (C=O) groups is 1. The highest BCUT2D eigenvalue weighted by atomic mass is 32.2. The first kappa shape index (κ1) is 18.9. The molecule has 1 aliphatic carbocycles. The molecule has 1 aromatic carbocycles. The molecule has 0 amide bonds. The number of ether oxygens (including phenoxy) is 1. The van der Waals surface area contributed by atoms with Gasteiger partial charge in [0.2, 0.25) is 5.16 Å². The monoisotopic (exact) mass is 396 g/mol. The summed E-state index contributed by atoms with van der Waals surface area (Å²) < 4.78 is 7.13. The zero-order chi connectivity index (χ0) is 19.7. The summed E-state index contributed by atoms with van der Waals surface area (Å²) in [4.78, 5) is 22.0. The van der Waals surface area contributed by atoms with Crippen molar-refractivity contribution in [3.63, 3.8) is 0 Å². The average Bonchev–Trinajstić information content (AvgIpc) is 3.07. The third-order valence-corrected chi connectivity index (χ3v) is 5.94. The third-order valence-electron chi connectivity index (χ3n) is 5.07. The lowest BCUT2D eigenvalue weighted by Crippen LogP contribution is -2.21. The summed E-state index contributed by atoms with van der Waals surface area (Å²) in [6, 6.07) is 7.89. The standard InChI is InChI=1S/C21H24N4O2S/c1-13(2)8-9-28-21-23-20-22-17-10-14(15-6-4-5-7-19(15)27-3)11-18(26)16(17)12-25(20)24-21/h4-7,12-14H,8-11H2,1-3H3/t14-/m1/s1. The molecule has 28 heavy (non-hydrogen) atoms. The number of Topliss-reactive ketones (excluding diaryl/α,β-unsaturated/α-hetero) is 1. The van der Waals surface area contributed by atoms with Crippen molar-refractivity contribution in [3.05, 3.63) is 47.3 Å². The Morgan fingerprint density at radius 3 is 2.86 bits per heavy atom. The van der Waals surface area contributed by atoms with Gasteiger partial charge in [0, 0.05) is 24.3 Å². The number of fused-ring (bicyclic) bond motifs is 2. The topological polar surface area (TPSA) is 69.4 Å². The van der Waals surface area contributed by atoms with Crippen LogP contribution in [0, 0.1) is 5.92 Å². The van der Waals surface area contributed by atoms with Crippen molar-refractivity contribution in [3.8, 4) is 5.75 Å². The molecule has 0 fully saturated rings. The highest BCUT2D eigenvalue weighted by molar-refractivity contribution is 7.99. The Morgan fingerprint density at radius 1 is 1.25 bits per heavy atom. The zero-order valence-corrected chi connectivity index (χ0v) is 17.2. The summed E-state index contributed by atoms with van der Waals surface area (Å²) in [6.45, 7) is 4.41. The molecular weight excluding hydrogens is 372 g/mol. The van der Waals surface area contributed by atoms with Gasteiger partial charge in [-0.15, -0.1) is 5.10 Å². The molecule has 0 aliphatic heterocycles. The number of rotatable bonds is 6. The normalized spacial score (nSPS) is 16.6. The predicted octanol–water partition coefficient (Wildman–Crippen LogP) is 4.18. The number of carbonyl (C=O) groups excluding carboxylic acids is 1. The first-order valence-corrected chi connectivity index (χ1v) is 10.6. The molecule has 0 radical (unpaired) electrons. The maximum absolute atomic E-state index is 12.8. The lowest BCUT2D eigenvalue weighted by Gasteiger charge is -2.24.